The van der Waals surface area contributed by atoms with Crippen LogP contribution in [0.15, 0.2) is 28.9 Å². The van der Waals surface area contributed by atoms with E-state index in [1.807, 2.05) is 13.0 Å². The Morgan fingerprint density at radius 3 is 2.81 bits per heavy atom. The summed E-state index contributed by atoms with van der Waals surface area (Å²) in [6, 6.07) is 6.18. The van der Waals surface area contributed by atoms with Crippen molar-refractivity contribution >= 4 is 38.4 Å². The molecule has 6 heteroatoms. The third kappa shape index (κ3) is 2.18. The minimum atomic E-state index is 0.944. The molecule has 1 aliphatic rings. The van der Waals surface area contributed by atoms with Gasteiger partial charge in [-0.3, -0.25) is 4.40 Å². The molecule has 0 unspecified atom stereocenters. The molecule has 3 aromatic rings. The minimum absolute atomic E-state index is 0.944. The van der Waals surface area contributed by atoms with Gasteiger partial charge in [0, 0.05) is 36.8 Å². The lowest BCUT2D eigenvalue weighted by Gasteiger charge is -2.28. The average molecular weight is 346 g/mol. The molecule has 5 nitrogen and oxygen atoms in total. The first-order valence-corrected chi connectivity index (χ1v) is 7.92. The molecule has 0 aliphatic carbocycles. The number of piperazine rings is 1. The summed E-state index contributed by atoms with van der Waals surface area (Å²) in [4.78, 5) is 11.9. The molecule has 21 heavy (non-hydrogen) atoms. The SMILES string of the molecule is Cc1cn2c(n1)c(N1CCNCC1)nc1ccc(Br)cc12. The lowest BCUT2D eigenvalue weighted by molar-refractivity contribution is 0.586. The zero-order chi connectivity index (χ0) is 14.4. The van der Waals surface area contributed by atoms with Crippen LogP contribution < -0.4 is 10.2 Å². The number of anilines is 1. The molecule has 0 atom stereocenters. The van der Waals surface area contributed by atoms with Gasteiger partial charge in [0.05, 0.1) is 16.7 Å². The fourth-order valence-corrected chi connectivity index (χ4v) is 3.23. The van der Waals surface area contributed by atoms with Crippen LogP contribution in [0.3, 0.4) is 0 Å². The van der Waals surface area contributed by atoms with Crippen molar-refractivity contribution in [3.63, 3.8) is 0 Å². The molecule has 1 saturated heterocycles. The van der Waals surface area contributed by atoms with Crippen LogP contribution in [0, 0.1) is 6.92 Å². The molecule has 1 fully saturated rings. The lowest BCUT2D eigenvalue weighted by atomic mass is 10.3. The summed E-state index contributed by atoms with van der Waals surface area (Å²) in [5, 5.41) is 3.38. The monoisotopic (exact) mass is 345 g/mol. The Bertz CT molecular complexity index is 820. The van der Waals surface area contributed by atoms with E-state index >= 15 is 0 Å². The van der Waals surface area contributed by atoms with Crippen LogP contribution in [0.1, 0.15) is 5.69 Å². The smallest absolute Gasteiger partial charge is 0.181 e. The Kier molecular flexibility index (Phi) is 3.08. The topological polar surface area (TPSA) is 45.5 Å². The molecular formula is C15H16BrN5. The zero-order valence-electron chi connectivity index (χ0n) is 11.8. The number of hydrogen-bond acceptors (Lipinski definition) is 4. The van der Waals surface area contributed by atoms with Crippen LogP contribution in [0.4, 0.5) is 5.82 Å². The molecule has 0 saturated carbocycles. The number of benzene rings is 1. The summed E-state index contributed by atoms with van der Waals surface area (Å²) in [5.41, 5.74) is 4.04. The van der Waals surface area contributed by atoms with E-state index in [-0.39, 0.29) is 0 Å². The number of imidazole rings is 1. The molecule has 108 valence electrons. The first-order valence-electron chi connectivity index (χ1n) is 7.13. The second kappa shape index (κ2) is 4.96. The predicted octanol–water partition coefficient (Wildman–Crippen LogP) is 2.36. The zero-order valence-corrected chi connectivity index (χ0v) is 13.4. The van der Waals surface area contributed by atoms with Crippen LogP contribution in [0.25, 0.3) is 16.7 Å². The largest absolute Gasteiger partial charge is 0.351 e. The van der Waals surface area contributed by atoms with Crippen molar-refractivity contribution in [3.05, 3.63) is 34.6 Å². The van der Waals surface area contributed by atoms with Gasteiger partial charge in [0.25, 0.3) is 0 Å². The normalized spacial score (nSPS) is 16.0. The molecule has 2 aromatic heterocycles. The van der Waals surface area contributed by atoms with E-state index in [1.165, 1.54) is 0 Å². The van der Waals surface area contributed by atoms with Crippen molar-refractivity contribution < 1.29 is 0 Å². The van der Waals surface area contributed by atoms with E-state index < -0.39 is 0 Å². The van der Waals surface area contributed by atoms with Crippen LogP contribution in [-0.2, 0) is 0 Å². The van der Waals surface area contributed by atoms with Gasteiger partial charge in [-0.1, -0.05) is 15.9 Å². The molecule has 1 aliphatic heterocycles. The molecule has 0 radical (unpaired) electrons. The molecule has 1 aromatic carbocycles. The van der Waals surface area contributed by atoms with Gasteiger partial charge in [-0.2, -0.15) is 0 Å². The molecule has 4 rings (SSSR count). The van der Waals surface area contributed by atoms with E-state index in [2.05, 4.69) is 48.9 Å². The lowest BCUT2D eigenvalue weighted by Crippen LogP contribution is -2.44. The number of halogens is 1. The van der Waals surface area contributed by atoms with Crippen molar-refractivity contribution in [1.29, 1.82) is 0 Å². The number of rotatable bonds is 1. The highest BCUT2D eigenvalue weighted by Crippen LogP contribution is 2.26. The molecule has 0 bridgehead atoms. The maximum atomic E-state index is 4.88. The third-order valence-electron chi connectivity index (χ3n) is 3.87. The summed E-state index contributed by atoms with van der Waals surface area (Å²) in [6.07, 6.45) is 2.08. The van der Waals surface area contributed by atoms with Crippen molar-refractivity contribution in [3.8, 4) is 0 Å². The van der Waals surface area contributed by atoms with Gasteiger partial charge in [-0.05, 0) is 25.1 Å². The summed E-state index contributed by atoms with van der Waals surface area (Å²) < 4.78 is 3.21. The first kappa shape index (κ1) is 13.0. The Hall–Kier alpha value is -1.66. The number of hydrogen-bond donors (Lipinski definition) is 1. The van der Waals surface area contributed by atoms with E-state index in [1.54, 1.807) is 0 Å². The Labute approximate surface area is 131 Å². The molecule has 1 N–H and O–H groups in total. The number of aromatic nitrogens is 3. The van der Waals surface area contributed by atoms with Gasteiger partial charge in [0.15, 0.2) is 11.5 Å². The minimum Gasteiger partial charge on any atom is -0.351 e. The second-order valence-corrected chi connectivity index (χ2v) is 6.30. The number of nitrogens with zero attached hydrogens (tertiary/aromatic N) is 4. The van der Waals surface area contributed by atoms with Gasteiger partial charge >= 0.3 is 0 Å². The molecular weight excluding hydrogens is 330 g/mol. The highest BCUT2D eigenvalue weighted by Gasteiger charge is 2.18. The summed E-state index contributed by atoms with van der Waals surface area (Å²) in [5.74, 6) is 0.986. The summed E-state index contributed by atoms with van der Waals surface area (Å²) in [7, 11) is 0. The van der Waals surface area contributed by atoms with E-state index in [9.17, 15) is 0 Å². The van der Waals surface area contributed by atoms with Crippen molar-refractivity contribution in [2.24, 2.45) is 0 Å². The molecule has 0 spiro atoms. The molecule has 0 amide bonds. The Morgan fingerprint density at radius 2 is 2.00 bits per heavy atom. The molecule has 3 heterocycles. The number of nitrogens with one attached hydrogen (secondary N) is 1. The summed E-state index contributed by atoms with van der Waals surface area (Å²) >= 11 is 3.54. The van der Waals surface area contributed by atoms with Crippen LogP contribution >= 0.6 is 15.9 Å². The highest BCUT2D eigenvalue weighted by atomic mass is 79.9. The van der Waals surface area contributed by atoms with Gasteiger partial charge in [-0.15, -0.1) is 0 Å². The Morgan fingerprint density at radius 1 is 1.19 bits per heavy atom. The van der Waals surface area contributed by atoms with Crippen LogP contribution in [0.5, 0.6) is 0 Å². The van der Waals surface area contributed by atoms with Gasteiger partial charge in [-0.25, -0.2) is 9.97 Å². The number of fused-ring (bicyclic) bond motifs is 3. The summed E-state index contributed by atoms with van der Waals surface area (Å²) in [6.45, 7) is 5.95. The predicted molar refractivity (Wildman–Crippen MR) is 88.0 cm³/mol. The number of aryl methyl sites for hydroxylation is 1. The van der Waals surface area contributed by atoms with Crippen LogP contribution in [0.2, 0.25) is 0 Å². The fraction of sp³-hybridized carbons (Fsp3) is 0.333. The quantitative estimate of drug-likeness (QED) is 0.735. The van der Waals surface area contributed by atoms with Gasteiger partial charge < -0.3 is 10.2 Å². The average Bonchev–Trinajstić information content (AvgIpc) is 2.89. The fourth-order valence-electron chi connectivity index (χ4n) is 2.88. The second-order valence-electron chi connectivity index (χ2n) is 5.38. The van der Waals surface area contributed by atoms with Crippen LogP contribution in [-0.4, -0.2) is 40.5 Å². The van der Waals surface area contributed by atoms with Crippen molar-refractivity contribution in [2.75, 3.05) is 31.1 Å². The van der Waals surface area contributed by atoms with Gasteiger partial charge in [0.2, 0.25) is 0 Å². The van der Waals surface area contributed by atoms with Crippen molar-refractivity contribution in [1.82, 2.24) is 19.7 Å². The maximum Gasteiger partial charge on any atom is 0.181 e. The standard InChI is InChI=1S/C15H16BrN5/c1-10-9-21-13-8-11(16)2-3-12(13)19-14(15(21)18-10)20-6-4-17-5-7-20/h2-3,8-9,17H,4-7H2,1H3. The van der Waals surface area contributed by atoms with E-state index in [0.29, 0.717) is 0 Å². The van der Waals surface area contributed by atoms with Crippen molar-refractivity contribution in [2.45, 2.75) is 6.92 Å². The van der Waals surface area contributed by atoms with E-state index in [4.69, 9.17) is 9.97 Å². The highest BCUT2D eigenvalue weighted by molar-refractivity contribution is 9.10. The Balaban J connectivity index is 2.02. The third-order valence-corrected chi connectivity index (χ3v) is 4.36. The first-order chi connectivity index (χ1) is 10.2. The van der Waals surface area contributed by atoms with Gasteiger partial charge in [0.1, 0.15) is 0 Å². The maximum absolute atomic E-state index is 4.88. The van der Waals surface area contributed by atoms with E-state index in [0.717, 1.165) is 58.8 Å².